The Morgan fingerprint density at radius 3 is 2.07 bits per heavy atom. The number of amides is 2. The molecule has 0 saturated heterocycles. The van der Waals surface area contributed by atoms with E-state index in [0.717, 1.165) is 18.2 Å². The minimum atomic E-state index is -1.71. The molecule has 0 aliphatic rings. The molecule has 29 heavy (non-hydrogen) atoms. The Morgan fingerprint density at radius 1 is 0.828 bits per heavy atom. The van der Waals surface area contributed by atoms with Gasteiger partial charge in [-0.3, -0.25) is 14.5 Å². The molecule has 0 bridgehead atoms. The molecule has 0 heterocycles. The average molecular weight is 415 g/mol. The molecule has 0 radical (unpaired) electrons. The summed E-state index contributed by atoms with van der Waals surface area (Å²) in [5.41, 5.74) is -0.491. The smallest absolute Gasteiger partial charge is 0.238 e. The second-order valence-electron chi connectivity index (χ2n) is 6.16. The van der Waals surface area contributed by atoms with E-state index in [1.165, 1.54) is 11.0 Å². The topological polar surface area (TPSA) is 61.4 Å². The molecule has 5 nitrogen and oxygen atoms in total. The summed E-state index contributed by atoms with van der Waals surface area (Å²) in [5.74, 6) is -8.14. The van der Waals surface area contributed by atoms with Crippen LogP contribution < -0.4 is 10.6 Å². The fraction of sp³-hybridized carbons (Fsp3) is 0.263. The van der Waals surface area contributed by atoms with E-state index in [1.54, 1.807) is 6.92 Å². The first-order valence-corrected chi connectivity index (χ1v) is 8.61. The molecule has 10 heteroatoms. The Kier molecular flexibility index (Phi) is 7.66. The minimum Gasteiger partial charge on any atom is -0.325 e. The van der Waals surface area contributed by atoms with E-state index in [0.29, 0.717) is 19.0 Å². The van der Waals surface area contributed by atoms with Crippen LogP contribution in [0, 0.1) is 29.1 Å². The molecule has 2 N–H and O–H groups in total. The molecule has 156 valence electrons. The lowest BCUT2D eigenvalue weighted by atomic mass is 10.2. The standard InChI is InChI=1S/C19H18F5N3O2/c1-2-7-27(9-16(28)25-11-3-4-12(20)14(22)8-11)10-17(29)26-15-6-5-13(21)18(23)19(15)24/h3-6,8H,2,7,9-10H2,1H3,(H,25,28)(H,26,29). The Bertz CT molecular complexity index is 908. The molecule has 0 atom stereocenters. The van der Waals surface area contributed by atoms with Crippen LogP contribution in [-0.2, 0) is 9.59 Å². The lowest BCUT2D eigenvalue weighted by Gasteiger charge is -2.20. The lowest BCUT2D eigenvalue weighted by Crippen LogP contribution is -2.39. The number of nitrogens with zero attached hydrogens (tertiary/aromatic N) is 1. The predicted octanol–water partition coefficient (Wildman–Crippen LogP) is 3.67. The molecule has 0 aliphatic heterocycles. The van der Waals surface area contributed by atoms with Gasteiger partial charge in [0.2, 0.25) is 11.8 Å². The van der Waals surface area contributed by atoms with Crippen LogP contribution >= 0.6 is 0 Å². The first kappa shape index (κ1) is 22.3. The average Bonchev–Trinajstić information content (AvgIpc) is 2.65. The zero-order valence-corrected chi connectivity index (χ0v) is 15.4. The maximum atomic E-state index is 13.7. The van der Waals surface area contributed by atoms with Crippen LogP contribution in [0.15, 0.2) is 30.3 Å². The number of rotatable bonds is 8. The maximum Gasteiger partial charge on any atom is 0.238 e. The number of carbonyl (C=O) groups excluding carboxylic acids is 2. The number of nitrogens with one attached hydrogen (secondary N) is 2. The third-order valence-electron chi connectivity index (χ3n) is 3.79. The van der Waals surface area contributed by atoms with E-state index in [2.05, 4.69) is 10.6 Å². The molecule has 2 rings (SSSR count). The van der Waals surface area contributed by atoms with Gasteiger partial charge in [0.1, 0.15) is 0 Å². The first-order chi connectivity index (χ1) is 13.7. The number of carbonyl (C=O) groups is 2. The van der Waals surface area contributed by atoms with Gasteiger partial charge < -0.3 is 10.6 Å². The van der Waals surface area contributed by atoms with E-state index < -0.39 is 46.6 Å². The third kappa shape index (κ3) is 6.24. The Labute approximate surface area is 163 Å². The number of hydrogen-bond acceptors (Lipinski definition) is 3. The lowest BCUT2D eigenvalue weighted by molar-refractivity contribution is -0.120. The van der Waals surface area contributed by atoms with Crippen LogP contribution in [0.25, 0.3) is 0 Å². The van der Waals surface area contributed by atoms with Crippen molar-refractivity contribution >= 4 is 23.2 Å². The van der Waals surface area contributed by atoms with Crippen molar-refractivity contribution < 1.29 is 31.5 Å². The summed E-state index contributed by atoms with van der Waals surface area (Å²) in [6, 6.07) is 4.41. The zero-order valence-electron chi connectivity index (χ0n) is 15.4. The second-order valence-corrected chi connectivity index (χ2v) is 6.16. The Hall–Kier alpha value is -3.01. The summed E-state index contributed by atoms with van der Waals surface area (Å²) in [4.78, 5) is 25.6. The largest absolute Gasteiger partial charge is 0.325 e. The van der Waals surface area contributed by atoms with Gasteiger partial charge in [-0.25, -0.2) is 22.0 Å². The van der Waals surface area contributed by atoms with Crippen LogP contribution in [0.2, 0.25) is 0 Å². The fourth-order valence-electron chi connectivity index (χ4n) is 2.52. The van der Waals surface area contributed by atoms with Crippen LogP contribution in [0.1, 0.15) is 13.3 Å². The highest BCUT2D eigenvalue weighted by Crippen LogP contribution is 2.19. The van der Waals surface area contributed by atoms with Crippen LogP contribution in [0.5, 0.6) is 0 Å². The van der Waals surface area contributed by atoms with Crippen LogP contribution in [0.4, 0.5) is 33.3 Å². The van der Waals surface area contributed by atoms with Gasteiger partial charge >= 0.3 is 0 Å². The summed E-state index contributed by atoms with van der Waals surface area (Å²) < 4.78 is 66.0. The molecule has 2 aromatic rings. The van der Waals surface area contributed by atoms with Gasteiger partial charge in [0.25, 0.3) is 0 Å². The Morgan fingerprint density at radius 2 is 1.45 bits per heavy atom. The Balaban J connectivity index is 1.98. The van der Waals surface area contributed by atoms with Gasteiger partial charge in [-0.15, -0.1) is 0 Å². The molecule has 2 amide bonds. The summed E-state index contributed by atoms with van der Waals surface area (Å²) in [7, 11) is 0. The molecule has 0 aromatic heterocycles. The van der Waals surface area contributed by atoms with E-state index in [-0.39, 0.29) is 18.8 Å². The van der Waals surface area contributed by atoms with Gasteiger partial charge in [0, 0.05) is 11.8 Å². The highest BCUT2D eigenvalue weighted by atomic mass is 19.2. The van der Waals surface area contributed by atoms with Gasteiger partial charge in [0.05, 0.1) is 18.8 Å². The quantitative estimate of drug-likeness (QED) is 0.511. The molecule has 0 unspecified atom stereocenters. The molecule has 0 saturated carbocycles. The van der Waals surface area contributed by atoms with E-state index in [1.807, 2.05) is 0 Å². The predicted molar refractivity (Wildman–Crippen MR) is 96.7 cm³/mol. The molecule has 2 aromatic carbocycles. The van der Waals surface area contributed by atoms with E-state index in [4.69, 9.17) is 0 Å². The summed E-state index contributed by atoms with van der Waals surface area (Å²) in [6.07, 6.45) is 0.575. The summed E-state index contributed by atoms with van der Waals surface area (Å²) in [6.45, 7) is 1.52. The SMILES string of the molecule is CCCN(CC(=O)Nc1ccc(F)c(F)c1)CC(=O)Nc1ccc(F)c(F)c1F. The zero-order chi connectivity index (χ0) is 21.6. The molecule has 0 aliphatic carbocycles. The molecule has 0 spiro atoms. The number of anilines is 2. The first-order valence-electron chi connectivity index (χ1n) is 8.61. The van der Waals surface area contributed by atoms with Crippen molar-refractivity contribution in [2.45, 2.75) is 13.3 Å². The van der Waals surface area contributed by atoms with Crippen molar-refractivity contribution in [3.8, 4) is 0 Å². The summed E-state index contributed by atoms with van der Waals surface area (Å²) >= 11 is 0. The molecular formula is C19H18F5N3O2. The fourth-order valence-corrected chi connectivity index (χ4v) is 2.52. The second kappa shape index (κ2) is 9.97. The minimum absolute atomic E-state index is 0.0404. The van der Waals surface area contributed by atoms with Gasteiger partial charge in [-0.2, -0.15) is 0 Å². The van der Waals surface area contributed by atoms with Crippen molar-refractivity contribution in [1.29, 1.82) is 0 Å². The van der Waals surface area contributed by atoms with Crippen molar-refractivity contribution in [3.63, 3.8) is 0 Å². The van der Waals surface area contributed by atoms with Crippen molar-refractivity contribution in [2.75, 3.05) is 30.3 Å². The number of benzene rings is 2. The maximum absolute atomic E-state index is 13.7. The molecular weight excluding hydrogens is 397 g/mol. The van der Waals surface area contributed by atoms with Gasteiger partial charge in [-0.05, 0) is 37.2 Å². The van der Waals surface area contributed by atoms with Crippen LogP contribution in [0.3, 0.4) is 0 Å². The van der Waals surface area contributed by atoms with Crippen molar-refractivity contribution in [2.24, 2.45) is 0 Å². The van der Waals surface area contributed by atoms with Crippen molar-refractivity contribution in [3.05, 3.63) is 59.4 Å². The van der Waals surface area contributed by atoms with Gasteiger partial charge in [0.15, 0.2) is 29.1 Å². The normalized spacial score (nSPS) is 10.9. The van der Waals surface area contributed by atoms with E-state index in [9.17, 15) is 31.5 Å². The number of hydrogen-bond donors (Lipinski definition) is 2. The number of halogens is 5. The van der Waals surface area contributed by atoms with Gasteiger partial charge in [-0.1, -0.05) is 6.92 Å². The van der Waals surface area contributed by atoms with Crippen LogP contribution in [-0.4, -0.2) is 36.3 Å². The van der Waals surface area contributed by atoms with E-state index >= 15 is 0 Å². The van der Waals surface area contributed by atoms with Crippen molar-refractivity contribution in [1.82, 2.24) is 4.90 Å². The highest BCUT2D eigenvalue weighted by Gasteiger charge is 2.18. The third-order valence-corrected chi connectivity index (χ3v) is 3.79. The summed E-state index contributed by atoms with van der Waals surface area (Å²) in [5, 5.41) is 4.49. The highest BCUT2D eigenvalue weighted by molar-refractivity contribution is 5.94. The molecule has 0 fully saturated rings. The monoisotopic (exact) mass is 415 g/mol.